The minimum absolute atomic E-state index is 0.0557. The van der Waals surface area contributed by atoms with Crippen molar-refractivity contribution < 1.29 is 9.59 Å². The SMILES string of the molecule is O=C(Cc1ccsc1)NCC1CC(=O)N(C2CCCC2)C1. The highest BCUT2D eigenvalue weighted by Crippen LogP contribution is 2.29. The molecule has 2 heterocycles. The molecule has 0 spiro atoms. The third-order valence-electron chi connectivity index (χ3n) is 4.54. The van der Waals surface area contributed by atoms with Gasteiger partial charge in [0.15, 0.2) is 0 Å². The smallest absolute Gasteiger partial charge is 0.224 e. The van der Waals surface area contributed by atoms with E-state index in [1.807, 2.05) is 16.8 Å². The van der Waals surface area contributed by atoms with Crippen molar-refractivity contribution in [2.24, 2.45) is 5.92 Å². The van der Waals surface area contributed by atoms with E-state index in [2.05, 4.69) is 10.2 Å². The fourth-order valence-corrected chi connectivity index (χ4v) is 4.08. The molecule has 1 aromatic heterocycles. The van der Waals surface area contributed by atoms with Crippen molar-refractivity contribution in [3.05, 3.63) is 22.4 Å². The van der Waals surface area contributed by atoms with Crippen LogP contribution in [0.1, 0.15) is 37.7 Å². The van der Waals surface area contributed by atoms with E-state index in [0.29, 0.717) is 25.4 Å². The van der Waals surface area contributed by atoms with Crippen LogP contribution >= 0.6 is 11.3 Å². The van der Waals surface area contributed by atoms with Crippen LogP contribution in [0.4, 0.5) is 0 Å². The van der Waals surface area contributed by atoms with E-state index in [0.717, 1.165) is 24.9 Å². The molecule has 2 amide bonds. The highest BCUT2D eigenvalue weighted by atomic mass is 32.1. The number of hydrogen-bond acceptors (Lipinski definition) is 3. The molecule has 1 saturated heterocycles. The van der Waals surface area contributed by atoms with Crippen molar-refractivity contribution in [2.45, 2.75) is 44.6 Å². The second-order valence-corrected chi connectivity index (χ2v) is 6.95. The lowest BCUT2D eigenvalue weighted by Crippen LogP contribution is -2.36. The average Bonchev–Trinajstić information content (AvgIpc) is 3.17. The Morgan fingerprint density at radius 1 is 1.38 bits per heavy atom. The highest BCUT2D eigenvalue weighted by molar-refractivity contribution is 7.07. The number of nitrogens with zero attached hydrogens (tertiary/aromatic N) is 1. The Hall–Kier alpha value is -1.36. The van der Waals surface area contributed by atoms with E-state index < -0.39 is 0 Å². The molecule has 0 radical (unpaired) electrons. The summed E-state index contributed by atoms with van der Waals surface area (Å²) in [6.45, 7) is 1.44. The molecule has 21 heavy (non-hydrogen) atoms. The van der Waals surface area contributed by atoms with E-state index >= 15 is 0 Å². The van der Waals surface area contributed by atoms with E-state index in [1.54, 1.807) is 11.3 Å². The zero-order valence-corrected chi connectivity index (χ0v) is 13.0. The van der Waals surface area contributed by atoms with Gasteiger partial charge >= 0.3 is 0 Å². The van der Waals surface area contributed by atoms with Crippen molar-refractivity contribution in [3.63, 3.8) is 0 Å². The fraction of sp³-hybridized carbons (Fsp3) is 0.625. The second-order valence-electron chi connectivity index (χ2n) is 6.17. The maximum absolute atomic E-state index is 12.1. The van der Waals surface area contributed by atoms with Crippen LogP contribution in [0.3, 0.4) is 0 Å². The Kier molecular flexibility index (Phi) is 4.58. The second kappa shape index (κ2) is 6.60. The van der Waals surface area contributed by atoms with Crippen LogP contribution in [-0.4, -0.2) is 35.8 Å². The molecule has 3 rings (SSSR count). The molecule has 4 nitrogen and oxygen atoms in total. The van der Waals surface area contributed by atoms with Gasteiger partial charge in [-0.1, -0.05) is 12.8 Å². The zero-order valence-electron chi connectivity index (χ0n) is 12.2. The van der Waals surface area contributed by atoms with Gasteiger partial charge in [-0.2, -0.15) is 11.3 Å². The molecule has 0 bridgehead atoms. The average molecular weight is 306 g/mol. The van der Waals surface area contributed by atoms with E-state index in [-0.39, 0.29) is 17.7 Å². The lowest BCUT2D eigenvalue weighted by Gasteiger charge is -2.24. The van der Waals surface area contributed by atoms with Gasteiger partial charge in [-0.3, -0.25) is 9.59 Å². The van der Waals surface area contributed by atoms with Crippen molar-refractivity contribution in [3.8, 4) is 0 Å². The number of nitrogens with one attached hydrogen (secondary N) is 1. The van der Waals surface area contributed by atoms with Gasteiger partial charge in [0.1, 0.15) is 0 Å². The monoisotopic (exact) mass is 306 g/mol. The van der Waals surface area contributed by atoms with Gasteiger partial charge in [-0.25, -0.2) is 0 Å². The third kappa shape index (κ3) is 3.64. The van der Waals surface area contributed by atoms with Gasteiger partial charge in [0.05, 0.1) is 6.42 Å². The zero-order chi connectivity index (χ0) is 14.7. The number of likely N-dealkylation sites (tertiary alicyclic amines) is 1. The number of carbonyl (C=O) groups is 2. The maximum atomic E-state index is 12.1. The molecule has 114 valence electrons. The number of thiophene rings is 1. The lowest BCUT2D eigenvalue weighted by atomic mass is 10.1. The van der Waals surface area contributed by atoms with Crippen LogP contribution in [0.2, 0.25) is 0 Å². The Bertz CT molecular complexity index is 494. The molecule has 1 atom stereocenters. The fourth-order valence-electron chi connectivity index (χ4n) is 3.41. The van der Waals surface area contributed by atoms with Crippen molar-refractivity contribution in [2.75, 3.05) is 13.1 Å². The van der Waals surface area contributed by atoms with Crippen molar-refractivity contribution in [1.82, 2.24) is 10.2 Å². The molecule has 1 unspecified atom stereocenters. The Labute approximate surface area is 129 Å². The quantitative estimate of drug-likeness (QED) is 0.906. The molecule has 1 N–H and O–H groups in total. The van der Waals surface area contributed by atoms with Gasteiger partial charge in [0.25, 0.3) is 0 Å². The van der Waals surface area contributed by atoms with Crippen molar-refractivity contribution >= 4 is 23.2 Å². The minimum atomic E-state index is 0.0557. The summed E-state index contributed by atoms with van der Waals surface area (Å²) in [6.07, 6.45) is 5.84. The van der Waals surface area contributed by atoms with Crippen LogP contribution in [0.5, 0.6) is 0 Å². The molecular formula is C16H22N2O2S. The topological polar surface area (TPSA) is 49.4 Å². The third-order valence-corrected chi connectivity index (χ3v) is 5.27. The normalized spacial score (nSPS) is 23.0. The van der Waals surface area contributed by atoms with Gasteiger partial charge in [0, 0.05) is 31.5 Å². The van der Waals surface area contributed by atoms with Gasteiger partial charge < -0.3 is 10.2 Å². The first-order valence-electron chi connectivity index (χ1n) is 7.79. The summed E-state index contributed by atoms with van der Waals surface area (Å²) in [5.41, 5.74) is 1.06. The first kappa shape index (κ1) is 14.6. The molecule has 1 saturated carbocycles. The van der Waals surface area contributed by atoms with E-state index in [9.17, 15) is 9.59 Å². The predicted octanol–water partition coefficient (Wildman–Crippen LogP) is 2.20. The van der Waals surface area contributed by atoms with Crippen LogP contribution < -0.4 is 5.32 Å². The van der Waals surface area contributed by atoms with Gasteiger partial charge in [-0.15, -0.1) is 0 Å². The summed E-state index contributed by atoms with van der Waals surface area (Å²) in [7, 11) is 0. The van der Waals surface area contributed by atoms with Crippen LogP contribution in [0, 0.1) is 5.92 Å². The minimum Gasteiger partial charge on any atom is -0.355 e. The summed E-state index contributed by atoms with van der Waals surface area (Å²) in [4.78, 5) is 26.0. The number of carbonyl (C=O) groups excluding carboxylic acids is 2. The Morgan fingerprint density at radius 3 is 2.90 bits per heavy atom. The first-order chi connectivity index (χ1) is 10.2. The largest absolute Gasteiger partial charge is 0.355 e. The van der Waals surface area contributed by atoms with E-state index in [4.69, 9.17) is 0 Å². The summed E-state index contributed by atoms with van der Waals surface area (Å²) < 4.78 is 0. The molecular weight excluding hydrogens is 284 g/mol. The number of hydrogen-bond donors (Lipinski definition) is 1. The number of amides is 2. The van der Waals surface area contributed by atoms with Crippen LogP contribution in [0.15, 0.2) is 16.8 Å². The molecule has 5 heteroatoms. The summed E-state index contributed by atoms with van der Waals surface area (Å²) in [6, 6.07) is 2.44. The molecule has 2 fully saturated rings. The predicted molar refractivity (Wildman–Crippen MR) is 83.1 cm³/mol. The molecule has 0 aromatic carbocycles. The Morgan fingerprint density at radius 2 is 2.19 bits per heavy atom. The van der Waals surface area contributed by atoms with Crippen molar-refractivity contribution in [1.29, 1.82) is 0 Å². The molecule has 1 aromatic rings. The van der Waals surface area contributed by atoms with Crippen LogP contribution in [0.25, 0.3) is 0 Å². The molecule has 1 aliphatic carbocycles. The van der Waals surface area contributed by atoms with E-state index in [1.165, 1.54) is 12.8 Å². The van der Waals surface area contributed by atoms with Gasteiger partial charge in [0.2, 0.25) is 11.8 Å². The summed E-state index contributed by atoms with van der Waals surface area (Å²) >= 11 is 1.61. The van der Waals surface area contributed by atoms with Crippen LogP contribution in [-0.2, 0) is 16.0 Å². The highest BCUT2D eigenvalue weighted by Gasteiger charge is 2.35. The summed E-state index contributed by atoms with van der Waals surface area (Å²) in [5.74, 6) is 0.615. The van der Waals surface area contributed by atoms with Gasteiger partial charge in [-0.05, 0) is 35.2 Å². The molecule has 2 aliphatic rings. The lowest BCUT2D eigenvalue weighted by molar-refractivity contribution is -0.129. The molecule has 1 aliphatic heterocycles. The standard InChI is InChI=1S/C16H22N2O2S/c19-15(7-12-5-6-21-11-12)17-9-13-8-16(20)18(10-13)14-3-1-2-4-14/h5-6,11,13-14H,1-4,7-10H2,(H,17,19). The Balaban J connectivity index is 1.43. The maximum Gasteiger partial charge on any atom is 0.224 e. The first-order valence-corrected chi connectivity index (χ1v) is 8.74. The number of rotatable bonds is 5. The summed E-state index contributed by atoms with van der Waals surface area (Å²) in [5, 5.41) is 6.97.